The standard InChI is InChI=1S/C23H22ClN3O5/c1-3-15(2)16-4-7-18(8-5-16)31-14-23(28)26-25-13-19-9-11-22(32-19)20-12-17(27(29)30)6-10-21(20)24/h4-13,15H,3,14H2,1-2H3,(H,26,28)/b25-13-. The maximum atomic E-state index is 11.9. The minimum Gasteiger partial charge on any atom is -0.484 e. The molecule has 1 aromatic heterocycles. The SMILES string of the molecule is CCC(C)c1ccc(OCC(=O)N/N=C\c2ccc(-c3cc([N+](=O)[O-])ccc3Cl)o2)cc1. The fraction of sp³-hybridized carbons (Fsp3) is 0.217. The van der Waals surface area contributed by atoms with Gasteiger partial charge in [-0.1, -0.05) is 37.6 Å². The summed E-state index contributed by atoms with van der Waals surface area (Å²) in [7, 11) is 0. The molecule has 0 fully saturated rings. The predicted octanol–water partition coefficient (Wildman–Crippen LogP) is 5.55. The summed E-state index contributed by atoms with van der Waals surface area (Å²) in [6.45, 7) is 4.10. The van der Waals surface area contributed by atoms with E-state index >= 15 is 0 Å². The number of halogens is 1. The van der Waals surface area contributed by atoms with E-state index in [1.807, 2.05) is 24.3 Å². The van der Waals surface area contributed by atoms with E-state index in [2.05, 4.69) is 24.4 Å². The Bertz CT molecular complexity index is 1120. The molecule has 9 heteroatoms. The number of rotatable bonds is 9. The highest BCUT2D eigenvalue weighted by atomic mass is 35.5. The number of hydrogen-bond acceptors (Lipinski definition) is 6. The Morgan fingerprint density at radius 3 is 2.69 bits per heavy atom. The second-order valence-corrected chi connectivity index (χ2v) is 7.49. The Morgan fingerprint density at radius 2 is 2.00 bits per heavy atom. The summed E-state index contributed by atoms with van der Waals surface area (Å²) < 4.78 is 11.1. The second kappa shape index (κ2) is 10.6. The number of ether oxygens (including phenoxy) is 1. The van der Waals surface area contributed by atoms with E-state index in [1.165, 1.54) is 30.0 Å². The molecule has 1 atom stereocenters. The lowest BCUT2D eigenvalue weighted by Crippen LogP contribution is -2.24. The molecule has 0 aliphatic rings. The van der Waals surface area contributed by atoms with Gasteiger partial charge >= 0.3 is 0 Å². The van der Waals surface area contributed by atoms with Gasteiger partial charge in [-0.05, 0) is 48.2 Å². The fourth-order valence-electron chi connectivity index (χ4n) is 2.86. The number of carbonyl (C=O) groups is 1. The van der Waals surface area contributed by atoms with Crippen LogP contribution in [0, 0.1) is 10.1 Å². The molecule has 166 valence electrons. The molecule has 1 N–H and O–H groups in total. The smallest absolute Gasteiger partial charge is 0.277 e. The Balaban J connectivity index is 1.53. The topological polar surface area (TPSA) is 107 Å². The first-order valence-electron chi connectivity index (χ1n) is 9.96. The van der Waals surface area contributed by atoms with Crippen molar-refractivity contribution in [2.75, 3.05) is 6.61 Å². The van der Waals surface area contributed by atoms with Gasteiger partial charge in [0.25, 0.3) is 11.6 Å². The molecule has 2 aromatic carbocycles. The van der Waals surface area contributed by atoms with Crippen LogP contribution < -0.4 is 10.2 Å². The first-order valence-corrected chi connectivity index (χ1v) is 10.3. The number of non-ortho nitro benzene ring substituents is 1. The van der Waals surface area contributed by atoms with Crippen LogP contribution in [0.2, 0.25) is 5.02 Å². The number of amides is 1. The second-order valence-electron chi connectivity index (χ2n) is 7.08. The number of nitrogens with one attached hydrogen (secondary N) is 1. The highest BCUT2D eigenvalue weighted by Crippen LogP contribution is 2.32. The number of nitro groups is 1. The third-order valence-electron chi connectivity index (χ3n) is 4.87. The Morgan fingerprint density at radius 1 is 1.25 bits per heavy atom. The molecule has 0 aliphatic carbocycles. The lowest BCUT2D eigenvalue weighted by Gasteiger charge is -2.10. The van der Waals surface area contributed by atoms with Crippen LogP contribution in [0.3, 0.4) is 0 Å². The Kier molecular flexibility index (Phi) is 7.62. The van der Waals surface area contributed by atoms with Crippen molar-refractivity contribution in [3.8, 4) is 17.1 Å². The summed E-state index contributed by atoms with van der Waals surface area (Å²) in [6.07, 6.45) is 2.36. The number of carbonyl (C=O) groups excluding carboxylic acids is 1. The monoisotopic (exact) mass is 455 g/mol. The molecular formula is C23H22ClN3O5. The van der Waals surface area contributed by atoms with Crippen LogP contribution in [-0.2, 0) is 4.79 Å². The zero-order chi connectivity index (χ0) is 23.1. The van der Waals surface area contributed by atoms with E-state index in [9.17, 15) is 14.9 Å². The molecular weight excluding hydrogens is 434 g/mol. The van der Waals surface area contributed by atoms with Crippen LogP contribution in [0.4, 0.5) is 5.69 Å². The van der Waals surface area contributed by atoms with Gasteiger partial charge in [-0.15, -0.1) is 0 Å². The van der Waals surface area contributed by atoms with Crippen LogP contribution in [0.25, 0.3) is 11.3 Å². The highest BCUT2D eigenvalue weighted by Gasteiger charge is 2.14. The number of nitro benzene ring substituents is 1. The normalized spacial score (nSPS) is 12.0. The molecule has 0 aliphatic heterocycles. The molecule has 0 bridgehead atoms. The molecule has 3 aromatic rings. The van der Waals surface area contributed by atoms with Crippen molar-refractivity contribution in [2.24, 2.45) is 5.10 Å². The fourth-order valence-corrected chi connectivity index (χ4v) is 3.07. The van der Waals surface area contributed by atoms with Crippen molar-refractivity contribution in [3.63, 3.8) is 0 Å². The van der Waals surface area contributed by atoms with Crippen molar-refractivity contribution < 1.29 is 18.9 Å². The van der Waals surface area contributed by atoms with Crippen LogP contribution in [0.15, 0.2) is 64.1 Å². The average molecular weight is 456 g/mol. The summed E-state index contributed by atoms with van der Waals surface area (Å²) in [5.74, 6) is 1.32. The van der Waals surface area contributed by atoms with E-state index in [4.69, 9.17) is 20.8 Å². The van der Waals surface area contributed by atoms with E-state index in [0.29, 0.717) is 33.8 Å². The van der Waals surface area contributed by atoms with Gasteiger partial charge in [0.15, 0.2) is 6.61 Å². The number of furan rings is 1. The van der Waals surface area contributed by atoms with Crippen LogP contribution >= 0.6 is 11.6 Å². The van der Waals surface area contributed by atoms with E-state index in [-0.39, 0.29) is 12.3 Å². The number of hydrazone groups is 1. The molecule has 0 spiro atoms. The summed E-state index contributed by atoms with van der Waals surface area (Å²) in [5.41, 5.74) is 3.86. The molecule has 3 rings (SSSR count). The minimum absolute atomic E-state index is 0.0993. The van der Waals surface area contributed by atoms with E-state index < -0.39 is 10.8 Å². The van der Waals surface area contributed by atoms with E-state index in [1.54, 1.807) is 12.1 Å². The minimum atomic E-state index is -0.511. The highest BCUT2D eigenvalue weighted by molar-refractivity contribution is 6.33. The average Bonchev–Trinajstić information content (AvgIpc) is 3.26. The van der Waals surface area contributed by atoms with Gasteiger partial charge in [-0.3, -0.25) is 14.9 Å². The maximum Gasteiger partial charge on any atom is 0.277 e. The Labute approximate surface area is 190 Å². The quantitative estimate of drug-likeness (QED) is 0.258. The first kappa shape index (κ1) is 23.0. The molecule has 0 saturated heterocycles. The summed E-state index contributed by atoms with van der Waals surface area (Å²) in [6, 6.07) is 14.9. The Hall–Kier alpha value is -3.65. The van der Waals surface area contributed by atoms with Crippen molar-refractivity contribution in [1.29, 1.82) is 0 Å². The summed E-state index contributed by atoms with van der Waals surface area (Å²) in [4.78, 5) is 22.4. The summed E-state index contributed by atoms with van der Waals surface area (Å²) >= 11 is 6.12. The molecule has 8 nitrogen and oxygen atoms in total. The van der Waals surface area contributed by atoms with Crippen LogP contribution in [0.1, 0.15) is 37.5 Å². The zero-order valence-electron chi connectivity index (χ0n) is 17.6. The first-order chi connectivity index (χ1) is 15.4. The van der Waals surface area contributed by atoms with E-state index in [0.717, 1.165) is 6.42 Å². The van der Waals surface area contributed by atoms with Crippen molar-refractivity contribution in [1.82, 2.24) is 5.43 Å². The van der Waals surface area contributed by atoms with Gasteiger partial charge in [-0.2, -0.15) is 5.10 Å². The van der Waals surface area contributed by atoms with Gasteiger partial charge in [0, 0.05) is 17.7 Å². The maximum absolute atomic E-state index is 11.9. The predicted molar refractivity (Wildman–Crippen MR) is 122 cm³/mol. The summed E-state index contributed by atoms with van der Waals surface area (Å²) in [5, 5.41) is 15.1. The third-order valence-corrected chi connectivity index (χ3v) is 5.20. The molecule has 1 heterocycles. The van der Waals surface area contributed by atoms with Crippen molar-refractivity contribution in [3.05, 3.63) is 81.1 Å². The van der Waals surface area contributed by atoms with Crippen molar-refractivity contribution >= 4 is 29.4 Å². The lowest BCUT2D eigenvalue weighted by atomic mass is 9.99. The molecule has 0 saturated carbocycles. The van der Waals surface area contributed by atoms with Crippen molar-refractivity contribution in [2.45, 2.75) is 26.2 Å². The van der Waals surface area contributed by atoms with Crippen LogP contribution in [-0.4, -0.2) is 23.7 Å². The van der Waals surface area contributed by atoms with Gasteiger partial charge in [0.1, 0.15) is 17.3 Å². The number of benzene rings is 2. The molecule has 1 amide bonds. The largest absolute Gasteiger partial charge is 0.484 e. The number of nitrogens with zero attached hydrogens (tertiary/aromatic N) is 2. The number of hydrogen-bond donors (Lipinski definition) is 1. The molecule has 0 radical (unpaired) electrons. The third kappa shape index (κ3) is 5.95. The van der Waals surface area contributed by atoms with Gasteiger partial charge < -0.3 is 9.15 Å². The van der Waals surface area contributed by atoms with Gasteiger partial charge in [0.05, 0.1) is 16.2 Å². The van der Waals surface area contributed by atoms with Crippen LogP contribution in [0.5, 0.6) is 5.75 Å². The molecule has 32 heavy (non-hydrogen) atoms. The van der Waals surface area contributed by atoms with Gasteiger partial charge in [0.2, 0.25) is 0 Å². The lowest BCUT2D eigenvalue weighted by molar-refractivity contribution is -0.384. The molecule has 1 unspecified atom stereocenters. The zero-order valence-corrected chi connectivity index (χ0v) is 18.3. The van der Waals surface area contributed by atoms with Gasteiger partial charge in [-0.25, -0.2) is 5.43 Å².